The molecule has 134 valence electrons. The van der Waals surface area contributed by atoms with E-state index in [1.807, 2.05) is 18.4 Å². The van der Waals surface area contributed by atoms with Gasteiger partial charge in [0, 0.05) is 10.5 Å². The number of rotatable bonds is 4. The van der Waals surface area contributed by atoms with Gasteiger partial charge in [-0.3, -0.25) is 10.1 Å². The Bertz CT molecular complexity index is 941. The molecule has 1 aromatic heterocycles. The maximum Gasteiger partial charge on any atom is 0.416 e. The Morgan fingerprint density at radius 3 is 2.62 bits per heavy atom. The average Bonchev–Trinajstić information content (AvgIpc) is 3.09. The molecule has 0 aliphatic carbocycles. The number of hydrogen-bond acceptors (Lipinski definition) is 5. The van der Waals surface area contributed by atoms with Crippen LogP contribution >= 0.6 is 11.8 Å². The van der Waals surface area contributed by atoms with Gasteiger partial charge in [-0.1, -0.05) is 23.3 Å². The zero-order valence-corrected chi connectivity index (χ0v) is 14.2. The van der Waals surface area contributed by atoms with Gasteiger partial charge in [0.1, 0.15) is 0 Å². The molecule has 0 aliphatic heterocycles. The van der Waals surface area contributed by atoms with Gasteiger partial charge >= 0.3 is 12.2 Å². The van der Waals surface area contributed by atoms with E-state index in [1.165, 1.54) is 17.8 Å². The molecular weight excluding hydrogens is 367 g/mol. The predicted molar refractivity (Wildman–Crippen MR) is 90.9 cm³/mol. The van der Waals surface area contributed by atoms with E-state index in [-0.39, 0.29) is 17.5 Å². The maximum atomic E-state index is 12.7. The minimum Gasteiger partial charge on any atom is -0.403 e. The summed E-state index contributed by atoms with van der Waals surface area (Å²) in [6, 6.07) is 11.2. The highest BCUT2D eigenvalue weighted by Gasteiger charge is 2.31. The van der Waals surface area contributed by atoms with Crippen LogP contribution in [0.25, 0.3) is 11.5 Å². The van der Waals surface area contributed by atoms with Gasteiger partial charge in [-0.05, 0) is 36.6 Å². The maximum absolute atomic E-state index is 12.7. The number of aromatic nitrogens is 2. The normalized spacial score (nSPS) is 11.4. The fourth-order valence-corrected chi connectivity index (χ4v) is 2.80. The van der Waals surface area contributed by atoms with E-state index in [2.05, 4.69) is 15.5 Å². The summed E-state index contributed by atoms with van der Waals surface area (Å²) < 4.78 is 43.7. The molecule has 0 fully saturated rings. The van der Waals surface area contributed by atoms with Gasteiger partial charge in [0.15, 0.2) is 0 Å². The van der Waals surface area contributed by atoms with Crippen LogP contribution in [0.1, 0.15) is 15.9 Å². The van der Waals surface area contributed by atoms with E-state index >= 15 is 0 Å². The Balaban J connectivity index is 1.80. The fraction of sp³-hybridized carbons (Fsp3) is 0.118. The van der Waals surface area contributed by atoms with Gasteiger partial charge in [0.25, 0.3) is 11.8 Å². The molecule has 1 heterocycles. The predicted octanol–water partition coefficient (Wildman–Crippen LogP) is 4.73. The molecular formula is C17H12F3N3O2S. The lowest BCUT2D eigenvalue weighted by Crippen LogP contribution is -2.14. The van der Waals surface area contributed by atoms with Crippen molar-refractivity contribution in [1.29, 1.82) is 0 Å². The van der Waals surface area contributed by atoms with Crippen molar-refractivity contribution in [2.45, 2.75) is 11.1 Å². The zero-order valence-electron chi connectivity index (χ0n) is 13.4. The summed E-state index contributed by atoms with van der Waals surface area (Å²) in [5, 5.41) is 9.91. The quantitative estimate of drug-likeness (QED) is 0.664. The molecule has 0 saturated carbocycles. The van der Waals surface area contributed by atoms with Crippen molar-refractivity contribution < 1.29 is 22.4 Å². The van der Waals surface area contributed by atoms with Gasteiger partial charge in [-0.2, -0.15) is 13.2 Å². The molecule has 0 spiro atoms. The highest BCUT2D eigenvalue weighted by atomic mass is 32.2. The smallest absolute Gasteiger partial charge is 0.403 e. The summed E-state index contributed by atoms with van der Waals surface area (Å²) in [7, 11) is 0. The molecule has 0 atom stereocenters. The summed E-state index contributed by atoms with van der Waals surface area (Å²) in [5.41, 5.74) is -0.374. The number of carbonyl (C=O) groups excluding carboxylic acids is 1. The van der Waals surface area contributed by atoms with Crippen molar-refractivity contribution in [3.8, 4) is 11.5 Å². The minimum absolute atomic E-state index is 0.163. The van der Waals surface area contributed by atoms with Crippen molar-refractivity contribution in [1.82, 2.24) is 10.2 Å². The molecule has 2 aromatic carbocycles. The van der Waals surface area contributed by atoms with Crippen molar-refractivity contribution >= 4 is 23.7 Å². The van der Waals surface area contributed by atoms with Crippen LogP contribution in [0.3, 0.4) is 0 Å². The molecule has 1 amide bonds. The second-order valence-corrected chi connectivity index (χ2v) is 5.99. The lowest BCUT2D eigenvalue weighted by molar-refractivity contribution is -0.137. The highest BCUT2D eigenvalue weighted by Crippen LogP contribution is 2.31. The van der Waals surface area contributed by atoms with E-state index in [1.54, 1.807) is 12.1 Å². The monoisotopic (exact) mass is 379 g/mol. The second kappa shape index (κ2) is 7.20. The van der Waals surface area contributed by atoms with Gasteiger partial charge in [0.05, 0.1) is 11.1 Å². The first-order chi connectivity index (χ1) is 12.4. The van der Waals surface area contributed by atoms with E-state index < -0.39 is 17.6 Å². The van der Waals surface area contributed by atoms with E-state index in [0.717, 1.165) is 23.1 Å². The van der Waals surface area contributed by atoms with Crippen molar-refractivity contribution in [3.63, 3.8) is 0 Å². The largest absolute Gasteiger partial charge is 0.416 e. The van der Waals surface area contributed by atoms with Crippen molar-refractivity contribution in [2.24, 2.45) is 0 Å². The summed E-state index contributed by atoms with van der Waals surface area (Å²) in [5.74, 6) is -0.571. The van der Waals surface area contributed by atoms with Gasteiger partial charge < -0.3 is 4.42 Å². The Labute approximate surface area is 150 Å². The molecule has 3 rings (SSSR count). The average molecular weight is 379 g/mol. The number of benzene rings is 2. The first-order valence-corrected chi connectivity index (χ1v) is 8.56. The summed E-state index contributed by atoms with van der Waals surface area (Å²) >= 11 is 1.49. The molecule has 1 N–H and O–H groups in total. The molecule has 0 radical (unpaired) electrons. The Kier molecular flexibility index (Phi) is 4.99. The van der Waals surface area contributed by atoms with Crippen molar-refractivity contribution in [3.05, 3.63) is 59.7 Å². The third-order valence-corrected chi connectivity index (χ3v) is 4.23. The van der Waals surface area contributed by atoms with Gasteiger partial charge in [-0.25, -0.2) is 0 Å². The van der Waals surface area contributed by atoms with Crippen LogP contribution in [0.4, 0.5) is 19.2 Å². The Morgan fingerprint density at radius 1 is 1.12 bits per heavy atom. The van der Waals surface area contributed by atoms with Crippen molar-refractivity contribution in [2.75, 3.05) is 11.6 Å². The number of amides is 1. The van der Waals surface area contributed by atoms with Crippen LogP contribution in [-0.2, 0) is 6.18 Å². The summed E-state index contributed by atoms with van der Waals surface area (Å²) in [6.45, 7) is 0. The molecule has 9 heteroatoms. The fourth-order valence-electron chi connectivity index (χ4n) is 2.21. The number of thioether (sulfide) groups is 1. The first-order valence-electron chi connectivity index (χ1n) is 7.34. The molecule has 0 unspecified atom stereocenters. The van der Waals surface area contributed by atoms with Gasteiger partial charge in [0.2, 0.25) is 0 Å². The molecule has 0 saturated heterocycles. The number of halogens is 3. The van der Waals surface area contributed by atoms with E-state index in [4.69, 9.17) is 4.42 Å². The van der Waals surface area contributed by atoms with E-state index in [9.17, 15) is 18.0 Å². The molecule has 5 nitrogen and oxygen atoms in total. The standard InChI is InChI=1S/C17H12F3N3O2S/c1-26-13-8-3-2-7-12(13)15-22-23-16(25-15)21-14(24)10-5-4-6-11(9-10)17(18,19)20/h2-9H,1H3,(H,21,23,24). The Morgan fingerprint density at radius 2 is 1.88 bits per heavy atom. The number of alkyl halides is 3. The molecule has 0 aliphatic rings. The number of hydrogen-bond donors (Lipinski definition) is 1. The minimum atomic E-state index is -4.53. The number of carbonyl (C=O) groups is 1. The van der Waals surface area contributed by atoms with Crippen LogP contribution in [0.2, 0.25) is 0 Å². The van der Waals surface area contributed by atoms with Gasteiger partial charge in [-0.15, -0.1) is 16.9 Å². The SMILES string of the molecule is CSc1ccccc1-c1nnc(NC(=O)c2cccc(C(F)(F)F)c2)o1. The Hall–Kier alpha value is -2.81. The molecule has 0 bridgehead atoms. The number of nitrogens with one attached hydrogen (secondary N) is 1. The summed E-state index contributed by atoms with van der Waals surface area (Å²) in [4.78, 5) is 13.1. The van der Waals surface area contributed by atoms with Crippen LogP contribution in [0.5, 0.6) is 0 Å². The topological polar surface area (TPSA) is 68.0 Å². The molecule has 26 heavy (non-hydrogen) atoms. The lowest BCUT2D eigenvalue weighted by atomic mass is 10.1. The van der Waals surface area contributed by atoms with E-state index in [0.29, 0.717) is 5.56 Å². The first kappa shape index (κ1) is 18.0. The highest BCUT2D eigenvalue weighted by molar-refractivity contribution is 7.98. The lowest BCUT2D eigenvalue weighted by Gasteiger charge is -2.07. The number of nitrogens with zero attached hydrogens (tertiary/aromatic N) is 2. The third-order valence-electron chi connectivity index (χ3n) is 3.43. The summed E-state index contributed by atoms with van der Waals surface area (Å²) in [6.07, 6.45) is -2.64. The number of anilines is 1. The third kappa shape index (κ3) is 3.88. The second-order valence-electron chi connectivity index (χ2n) is 5.15. The molecule has 3 aromatic rings. The van der Waals surface area contributed by atoms with Crippen LogP contribution < -0.4 is 5.32 Å². The zero-order chi connectivity index (χ0) is 18.7. The van der Waals surface area contributed by atoms with Crippen LogP contribution in [0.15, 0.2) is 57.8 Å². The van der Waals surface area contributed by atoms with Crippen LogP contribution in [0, 0.1) is 0 Å². The van der Waals surface area contributed by atoms with Crippen LogP contribution in [-0.4, -0.2) is 22.4 Å².